The zero-order valence-corrected chi connectivity index (χ0v) is 11.5. The van der Waals surface area contributed by atoms with Gasteiger partial charge in [-0.3, -0.25) is 4.79 Å². The maximum Gasteiger partial charge on any atom is 0.274 e. The molecule has 0 radical (unpaired) electrons. The SMILES string of the molecule is COCCN(C(=O)c1ccc(N)nn1)C(C)COC. The Morgan fingerprint density at radius 3 is 2.63 bits per heavy atom. The van der Waals surface area contributed by atoms with Crippen LogP contribution in [0.25, 0.3) is 0 Å². The van der Waals surface area contributed by atoms with E-state index in [2.05, 4.69) is 10.2 Å². The van der Waals surface area contributed by atoms with Gasteiger partial charge in [-0.25, -0.2) is 0 Å². The molecule has 7 heteroatoms. The number of anilines is 1. The molecule has 106 valence electrons. The molecule has 1 rings (SSSR count). The lowest BCUT2D eigenvalue weighted by Gasteiger charge is -2.28. The number of nitrogens with zero attached hydrogens (tertiary/aromatic N) is 3. The van der Waals surface area contributed by atoms with Gasteiger partial charge in [-0.1, -0.05) is 0 Å². The molecule has 0 aliphatic rings. The molecule has 0 bridgehead atoms. The van der Waals surface area contributed by atoms with E-state index in [1.165, 1.54) is 0 Å². The third-order valence-corrected chi connectivity index (χ3v) is 2.64. The first kappa shape index (κ1) is 15.3. The highest BCUT2D eigenvalue weighted by molar-refractivity contribution is 5.92. The fourth-order valence-electron chi connectivity index (χ4n) is 1.65. The van der Waals surface area contributed by atoms with E-state index in [1.54, 1.807) is 31.3 Å². The van der Waals surface area contributed by atoms with E-state index in [1.807, 2.05) is 6.92 Å². The Balaban J connectivity index is 2.83. The largest absolute Gasteiger partial charge is 0.383 e. The second-order valence-electron chi connectivity index (χ2n) is 4.14. The number of methoxy groups -OCH3 is 2. The van der Waals surface area contributed by atoms with Crippen molar-refractivity contribution in [2.75, 3.05) is 39.7 Å². The van der Waals surface area contributed by atoms with Crippen LogP contribution < -0.4 is 5.73 Å². The Kier molecular flexibility index (Phi) is 6.17. The normalized spacial score (nSPS) is 12.2. The summed E-state index contributed by atoms with van der Waals surface area (Å²) in [5, 5.41) is 7.49. The molecule has 1 aromatic heterocycles. The van der Waals surface area contributed by atoms with Gasteiger partial charge in [-0.15, -0.1) is 10.2 Å². The summed E-state index contributed by atoms with van der Waals surface area (Å²) in [6.07, 6.45) is 0. The molecule has 1 amide bonds. The molecule has 0 aliphatic carbocycles. The van der Waals surface area contributed by atoms with Crippen LogP contribution in [-0.4, -0.2) is 61.0 Å². The maximum absolute atomic E-state index is 12.3. The lowest BCUT2D eigenvalue weighted by atomic mass is 10.2. The number of nitrogens with two attached hydrogens (primary N) is 1. The van der Waals surface area contributed by atoms with Crippen molar-refractivity contribution in [3.63, 3.8) is 0 Å². The number of nitrogen functional groups attached to an aromatic ring is 1. The van der Waals surface area contributed by atoms with E-state index >= 15 is 0 Å². The van der Waals surface area contributed by atoms with Gasteiger partial charge in [-0.2, -0.15) is 0 Å². The highest BCUT2D eigenvalue weighted by Gasteiger charge is 2.22. The second-order valence-corrected chi connectivity index (χ2v) is 4.14. The van der Waals surface area contributed by atoms with Crippen LogP contribution in [0, 0.1) is 0 Å². The molecule has 7 nitrogen and oxygen atoms in total. The van der Waals surface area contributed by atoms with E-state index in [-0.39, 0.29) is 23.5 Å². The highest BCUT2D eigenvalue weighted by atomic mass is 16.5. The zero-order valence-electron chi connectivity index (χ0n) is 11.5. The third kappa shape index (κ3) is 4.46. The summed E-state index contributed by atoms with van der Waals surface area (Å²) in [6.45, 7) is 3.26. The summed E-state index contributed by atoms with van der Waals surface area (Å²) < 4.78 is 10.1. The minimum atomic E-state index is -0.214. The number of hydrogen-bond donors (Lipinski definition) is 1. The van der Waals surface area contributed by atoms with Crippen LogP contribution in [0.2, 0.25) is 0 Å². The molecule has 1 heterocycles. The summed E-state index contributed by atoms with van der Waals surface area (Å²) in [4.78, 5) is 14.0. The quantitative estimate of drug-likeness (QED) is 0.758. The molecular weight excluding hydrogens is 248 g/mol. The predicted molar refractivity (Wildman–Crippen MR) is 70.7 cm³/mol. The Morgan fingerprint density at radius 1 is 1.37 bits per heavy atom. The number of aromatic nitrogens is 2. The third-order valence-electron chi connectivity index (χ3n) is 2.64. The molecule has 0 fully saturated rings. The molecule has 0 saturated carbocycles. The van der Waals surface area contributed by atoms with Gasteiger partial charge < -0.3 is 20.1 Å². The molecule has 1 unspecified atom stereocenters. The number of carbonyl (C=O) groups excluding carboxylic acids is 1. The summed E-state index contributed by atoms with van der Waals surface area (Å²) in [6, 6.07) is 3.03. The average Bonchev–Trinajstić information content (AvgIpc) is 2.40. The molecule has 0 saturated heterocycles. The minimum Gasteiger partial charge on any atom is -0.383 e. The van der Waals surface area contributed by atoms with E-state index in [0.29, 0.717) is 19.8 Å². The van der Waals surface area contributed by atoms with Crippen molar-refractivity contribution in [1.29, 1.82) is 0 Å². The van der Waals surface area contributed by atoms with Crippen LogP contribution in [0.1, 0.15) is 17.4 Å². The average molecular weight is 268 g/mol. The molecular formula is C12H20N4O3. The molecule has 1 aromatic rings. The van der Waals surface area contributed by atoms with Crippen molar-refractivity contribution in [1.82, 2.24) is 15.1 Å². The van der Waals surface area contributed by atoms with Crippen LogP contribution in [0.4, 0.5) is 5.82 Å². The minimum absolute atomic E-state index is 0.0768. The van der Waals surface area contributed by atoms with Gasteiger partial charge in [0.15, 0.2) is 5.69 Å². The first-order valence-corrected chi connectivity index (χ1v) is 5.98. The molecule has 19 heavy (non-hydrogen) atoms. The molecule has 0 aliphatic heterocycles. The van der Waals surface area contributed by atoms with Crippen LogP contribution in [0.3, 0.4) is 0 Å². The van der Waals surface area contributed by atoms with Crippen LogP contribution >= 0.6 is 0 Å². The van der Waals surface area contributed by atoms with Crippen molar-refractivity contribution in [3.8, 4) is 0 Å². The molecule has 0 spiro atoms. The van der Waals surface area contributed by atoms with E-state index in [0.717, 1.165) is 0 Å². The van der Waals surface area contributed by atoms with Gasteiger partial charge in [0.05, 0.1) is 19.3 Å². The first-order valence-electron chi connectivity index (χ1n) is 5.98. The smallest absolute Gasteiger partial charge is 0.274 e. The van der Waals surface area contributed by atoms with Crippen LogP contribution in [0.5, 0.6) is 0 Å². The van der Waals surface area contributed by atoms with Crippen molar-refractivity contribution in [3.05, 3.63) is 17.8 Å². The number of carbonyl (C=O) groups is 1. The Hall–Kier alpha value is -1.73. The maximum atomic E-state index is 12.3. The summed E-state index contributed by atoms with van der Waals surface area (Å²) in [7, 11) is 3.19. The van der Waals surface area contributed by atoms with Gasteiger partial charge in [-0.05, 0) is 19.1 Å². The van der Waals surface area contributed by atoms with Crippen molar-refractivity contribution in [2.24, 2.45) is 0 Å². The van der Waals surface area contributed by atoms with Crippen LogP contribution in [-0.2, 0) is 9.47 Å². The van der Waals surface area contributed by atoms with Gasteiger partial charge >= 0.3 is 0 Å². The van der Waals surface area contributed by atoms with Gasteiger partial charge in [0.2, 0.25) is 0 Å². The summed E-state index contributed by atoms with van der Waals surface area (Å²) in [5.74, 6) is 0.0685. The van der Waals surface area contributed by atoms with Crippen molar-refractivity contribution >= 4 is 11.7 Å². The van der Waals surface area contributed by atoms with Gasteiger partial charge in [0.1, 0.15) is 5.82 Å². The monoisotopic (exact) mass is 268 g/mol. The number of hydrogen-bond acceptors (Lipinski definition) is 6. The highest BCUT2D eigenvalue weighted by Crippen LogP contribution is 2.07. The van der Waals surface area contributed by atoms with E-state index in [4.69, 9.17) is 15.2 Å². The topological polar surface area (TPSA) is 90.6 Å². The van der Waals surface area contributed by atoms with E-state index < -0.39 is 0 Å². The number of rotatable bonds is 7. The van der Waals surface area contributed by atoms with E-state index in [9.17, 15) is 4.79 Å². The standard InChI is InChI=1S/C12H20N4O3/c1-9(8-19-3)16(6-7-18-2)12(17)10-4-5-11(13)15-14-10/h4-5,9H,6-8H2,1-3H3,(H2,13,15). The summed E-state index contributed by atoms with van der Waals surface area (Å²) in [5.41, 5.74) is 5.71. The molecule has 2 N–H and O–H groups in total. The fraction of sp³-hybridized carbons (Fsp3) is 0.583. The second kappa shape index (κ2) is 7.65. The van der Waals surface area contributed by atoms with Gasteiger partial charge in [0, 0.05) is 20.8 Å². The van der Waals surface area contributed by atoms with Crippen molar-refractivity contribution in [2.45, 2.75) is 13.0 Å². The van der Waals surface area contributed by atoms with Crippen LogP contribution in [0.15, 0.2) is 12.1 Å². The van der Waals surface area contributed by atoms with Gasteiger partial charge in [0.25, 0.3) is 5.91 Å². The lowest BCUT2D eigenvalue weighted by Crippen LogP contribution is -2.43. The molecule has 0 aromatic carbocycles. The number of amides is 1. The van der Waals surface area contributed by atoms with Crippen molar-refractivity contribution < 1.29 is 14.3 Å². The summed E-state index contributed by atoms with van der Waals surface area (Å²) >= 11 is 0. The zero-order chi connectivity index (χ0) is 14.3. The molecule has 1 atom stereocenters. The Morgan fingerprint density at radius 2 is 2.11 bits per heavy atom. The number of ether oxygens (including phenoxy) is 2. The Bertz CT molecular complexity index is 396. The first-order chi connectivity index (χ1) is 9.10. The fourth-order valence-corrected chi connectivity index (χ4v) is 1.65. The lowest BCUT2D eigenvalue weighted by molar-refractivity contribution is 0.0473. The predicted octanol–water partition coefficient (Wildman–Crippen LogP) is 0.182. The Labute approximate surface area is 112 Å².